The third-order valence-electron chi connectivity index (χ3n) is 1.84. The second kappa shape index (κ2) is 5.74. The van der Waals surface area contributed by atoms with Gasteiger partial charge in [0, 0.05) is 0 Å². The number of halogens is 1. The molecule has 0 saturated carbocycles. The summed E-state index contributed by atoms with van der Waals surface area (Å²) in [6.45, 7) is 5.64. The molecule has 0 fully saturated rings. The minimum absolute atomic E-state index is 0.253. The van der Waals surface area contributed by atoms with Crippen molar-refractivity contribution in [3.8, 4) is 12.3 Å². The molecule has 0 aromatic carbocycles. The number of hydrogen-bond acceptors (Lipinski definition) is 4. The van der Waals surface area contributed by atoms with Crippen molar-refractivity contribution >= 4 is 23.4 Å². The van der Waals surface area contributed by atoms with E-state index in [1.807, 2.05) is 0 Å². The van der Waals surface area contributed by atoms with Gasteiger partial charge in [-0.15, -0.1) is 6.42 Å². The van der Waals surface area contributed by atoms with Crippen molar-refractivity contribution in [1.29, 1.82) is 0 Å². The lowest BCUT2D eigenvalue weighted by atomic mass is 10.2. The topological polar surface area (TPSA) is 51.2 Å². The first kappa shape index (κ1) is 14.3. The predicted molar refractivity (Wildman–Crippen MR) is 71.7 cm³/mol. The Bertz CT molecular complexity index is 487. The summed E-state index contributed by atoms with van der Waals surface area (Å²) in [5.41, 5.74) is -0.260. The molecule has 0 saturated heterocycles. The summed E-state index contributed by atoms with van der Waals surface area (Å²) in [5, 5.41) is 3.12. The molecule has 0 aliphatic rings. The first-order chi connectivity index (χ1) is 8.33. The van der Waals surface area contributed by atoms with Crippen LogP contribution < -0.4 is 5.32 Å². The van der Waals surface area contributed by atoms with Gasteiger partial charge in [-0.3, -0.25) is 0 Å². The van der Waals surface area contributed by atoms with E-state index in [0.717, 1.165) is 0 Å². The molecule has 1 aromatic rings. The lowest BCUT2D eigenvalue weighted by Gasteiger charge is -2.20. The summed E-state index contributed by atoms with van der Waals surface area (Å²) in [6, 6.07) is 3.09. The van der Waals surface area contributed by atoms with Crippen LogP contribution in [0.5, 0.6) is 0 Å². The fourth-order valence-corrected chi connectivity index (χ4v) is 1.35. The van der Waals surface area contributed by atoms with E-state index >= 15 is 0 Å². The lowest BCUT2D eigenvalue weighted by Crippen LogP contribution is -2.24. The van der Waals surface area contributed by atoms with Gasteiger partial charge in [-0.05, 0) is 32.9 Å². The van der Waals surface area contributed by atoms with Crippen molar-refractivity contribution in [2.75, 3.05) is 11.9 Å². The van der Waals surface area contributed by atoms with Gasteiger partial charge in [-0.25, -0.2) is 9.78 Å². The third kappa shape index (κ3) is 4.27. The number of rotatable bonds is 3. The highest BCUT2D eigenvalue weighted by molar-refractivity contribution is 6.29. The molecule has 0 bridgehead atoms. The Morgan fingerprint density at radius 1 is 1.56 bits per heavy atom. The quantitative estimate of drug-likeness (QED) is 0.519. The molecular weight excluding hydrogens is 252 g/mol. The number of carbonyl (C=O) groups excluding carboxylic acids is 1. The number of carbonyl (C=O) groups is 1. The van der Waals surface area contributed by atoms with E-state index in [4.69, 9.17) is 22.8 Å². The van der Waals surface area contributed by atoms with E-state index in [1.165, 1.54) is 6.07 Å². The first-order valence-electron chi connectivity index (χ1n) is 5.41. The summed E-state index contributed by atoms with van der Waals surface area (Å²) in [6.07, 6.45) is 5.15. The van der Waals surface area contributed by atoms with E-state index in [0.29, 0.717) is 11.4 Å². The maximum Gasteiger partial charge on any atom is 0.342 e. The highest BCUT2D eigenvalue weighted by Gasteiger charge is 2.21. The van der Waals surface area contributed by atoms with Crippen LogP contribution in [-0.2, 0) is 4.74 Å². The second-order valence-corrected chi connectivity index (χ2v) is 4.98. The highest BCUT2D eigenvalue weighted by atomic mass is 35.5. The molecule has 96 valence electrons. The van der Waals surface area contributed by atoms with Crippen LogP contribution in [0.3, 0.4) is 0 Å². The van der Waals surface area contributed by atoms with Crippen molar-refractivity contribution in [3.63, 3.8) is 0 Å². The number of anilines is 1. The zero-order valence-corrected chi connectivity index (χ0v) is 11.3. The Morgan fingerprint density at radius 2 is 2.22 bits per heavy atom. The van der Waals surface area contributed by atoms with Crippen molar-refractivity contribution in [2.24, 2.45) is 0 Å². The zero-order chi connectivity index (χ0) is 13.8. The Labute approximate surface area is 112 Å². The zero-order valence-electron chi connectivity index (χ0n) is 10.6. The van der Waals surface area contributed by atoms with Crippen LogP contribution in [0.4, 0.5) is 5.82 Å². The number of pyridine rings is 1. The summed E-state index contributed by atoms with van der Waals surface area (Å²) >= 11 is 5.78. The summed E-state index contributed by atoms with van der Waals surface area (Å²) < 4.78 is 5.27. The van der Waals surface area contributed by atoms with Crippen LogP contribution in [0, 0.1) is 12.3 Å². The van der Waals surface area contributed by atoms with Crippen LogP contribution in [0.1, 0.15) is 31.1 Å². The molecular formula is C13H15ClN2O2. The van der Waals surface area contributed by atoms with Gasteiger partial charge in [0.15, 0.2) is 0 Å². The molecule has 0 spiro atoms. The van der Waals surface area contributed by atoms with Crippen molar-refractivity contribution in [1.82, 2.24) is 4.98 Å². The van der Waals surface area contributed by atoms with Crippen molar-refractivity contribution in [3.05, 3.63) is 22.8 Å². The number of nitrogens with one attached hydrogen (secondary N) is 1. The molecule has 0 radical (unpaired) electrons. The number of aromatic nitrogens is 1. The van der Waals surface area contributed by atoms with E-state index in [-0.39, 0.29) is 11.7 Å². The van der Waals surface area contributed by atoms with Gasteiger partial charge in [0.25, 0.3) is 0 Å². The molecule has 4 nitrogen and oxygen atoms in total. The van der Waals surface area contributed by atoms with Crippen LogP contribution in [0.15, 0.2) is 12.1 Å². The predicted octanol–water partition coefficient (Wildman–Crippen LogP) is 2.74. The number of hydrogen-bond donors (Lipinski definition) is 1. The molecule has 0 aliphatic carbocycles. The number of esters is 1. The lowest BCUT2D eigenvalue weighted by molar-refractivity contribution is 0.00704. The normalized spacial score (nSPS) is 10.6. The summed E-state index contributed by atoms with van der Waals surface area (Å²) in [4.78, 5) is 16.0. The average Bonchev–Trinajstić information content (AvgIpc) is 2.23. The second-order valence-electron chi connectivity index (χ2n) is 4.59. The van der Waals surface area contributed by atoms with Crippen LogP contribution >= 0.6 is 11.6 Å². The molecule has 1 rings (SSSR count). The number of nitrogens with zero attached hydrogens (tertiary/aromatic N) is 1. The third-order valence-corrected chi connectivity index (χ3v) is 2.05. The fraction of sp³-hybridized carbons (Fsp3) is 0.385. The number of ether oxygens (including phenoxy) is 1. The summed E-state index contributed by atoms with van der Waals surface area (Å²) in [5.74, 6) is 2.27. The monoisotopic (exact) mass is 266 g/mol. The van der Waals surface area contributed by atoms with Gasteiger partial charge in [0.2, 0.25) is 0 Å². The molecule has 1 aromatic heterocycles. The summed E-state index contributed by atoms with van der Waals surface area (Å²) in [7, 11) is 0. The van der Waals surface area contributed by atoms with Crippen molar-refractivity contribution < 1.29 is 9.53 Å². The molecule has 0 atom stereocenters. The minimum atomic E-state index is -0.569. The van der Waals surface area contributed by atoms with E-state index < -0.39 is 11.6 Å². The van der Waals surface area contributed by atoms with Gasteiger partial charge in [0.1, 0.15) is 22.1 Å². The van der Waals surface area contributed by atoms with Crippen LogP contribution in [0.2, 0.25) is 5.15 Å². The molecule has 0 amide bonds. The van der Waals surface area contributed by atoms with Gasteiger partial charge >= 0.3 is 5.97 Å². The first-order valence-corrected chi connectivity index (χ1v) is 5.78. The van der Waals surface area contributed by atoms with Gasteiger partial charge < -0.3 is 10.1 Å². The Hall–Kier alpha value is -1.73. The van der Waals surface area contributed by atoms with E-state index in [2.05, 4.69) is 16.2 Å². The van der Waals surface area contributed by atoms with Crippen LogP contribution in [0.25, 0.3) is 0 Å². The number of terminal acetylenes is 1. The van der Waals surface area contributed by atoms with Crippen molar-refractivity contribution in [2.45, 2.75) is 26.4 Å². The Morgan fingerprint density at radius 3 is 2.78 bits per heavy atom. The van der Waals surface area contributed by atoms with E-state index in [9.17, 15) is 4.79 Å². The average molecular weight is 267 g/mol. The van der Waals surface area contributed by atoms with Crippen LogP contribution in [-0.4, -0.2) is 23.1 Å². The molecule has 1 heterocycles. The highest BCUT2D eigenvalue weighted by Crippen LogP contribution is 2.20. The molecule has 1 N–H and O–H groups in total. The Kier molecular flexibility index (Phi) is 4.57. The molecule has 0 unspecified atom stereocenters. The Balaban J connectivity index is 3.00. The largest absolute Gasteiger partial charge is 0.456 e. The van der Waals surface area contributed by atoms with Gasteiger partial charge in [0.05, 0.1) is 6.54 Å². The fourth-order valence-electron chi connectivity index (χ4n) is 1.20. The minimum Gasteiger partial charge on any atom is -0.456 e. The smallest absolute Gasteiger partial charge is 0.342 e. The van der Waals surface area contributed by atoms with E-state index in [1.54, 1.807) is 26.8 Å². The maximum absolute atomic E-state index is 12.0. The SMILES string of the molecule is C#CCNc1nc(Cl)ccc1C(=O)OC(C)(C)C. The molecule has 0 aliphatic heterocycles. The molecule has 18 heavy (non-hydrogen) atoms. The maximum atomic E-state index is 12.0. The standard InChI is InChI=1S/C13H15ClN2O2/c1-5-8-15-11-9(6-7-10(14)16-11)12(17)18-13(2,3)4/h1,6-7H,8H2,2-4H3,(H,15,16). The molecule has 5 heteroatoms. The van der Waals surface area contributed by atoms with Gasteiger partial charge in [-0.1, -0.05) is 17.5 Å². The van der Waals surface area contributed by atoms with Gasteiger partial charge in [-0.2, -0.15) is 0 Å².